The van der Waals surface area contributed by atoms with Crippen LogP contribution < -0.4 is 10.6 Å². The van der Waals surface area contributed by atoms with Crippen LogP contribution in [0.5, 0.6) is 0 Å². The van der Waals surface area contributed by atoms with Gasteiger partial charge in [-0.2, -0.15) is 0 Å². The van der Waals surface area contributed by atoms with E-state index in [1.54, 1.807) is 13.0 Å². The number of nitrogens with one attached hydrogen (secondary N) is 3. The Morgan fingerprint density at radius 2 is 2.00 bits per heavy atom. The fraction of sp³-hybridized carbons (Fsp3) is 0.190. The van der Waals surface area contributed by atoms with E-state index < -0.39 is 6.03 Å². The first-order valence-electron chi connectivity index (χ1n) is 9.41. The monoisotopic (exact) mass is 407 g/mol. The molecule has 30 heavy (non-hydrogen) atoms. The van der Waals surface area contributed by atoms with E-state index in [4.69, 9.17) is 14.4 Å². The van der Waals surface area contributed by atoms with Gasteiger partial charge in [-0.3, -0.25) is 0 Å². The Morgan fingerprint density at radius 1 is 1.17 bits per heavy atom. The number of urea groups is 1. The number of aliphatic hydroxyl groups excluding tert-OH is 1. The number of aromatic nitrogens is 3. The van der Waals surface area contributed by atoms with Crippen molar-refractivity contribution in [2.75, 3.05) is 23.8 Å². The second-order valence-electron chi connectivity index (χ2n) is 6.58. The summed E-state index contributed by atoms with van der Waals surface area (Å²) >= 11 is 0. The summed E-state index contributed by atoms with van der Waals surface area (Å²) in [6, 6.07) is 14.4. The van der Waals surface area contributed by atoms with Gasteiger partial charge in [-0.25, -0.2) is 9.78 Å². The Bertz CT molecular complexity index is 1150. The minimum absolute atomic E-state index is 0.0551. The standard InChI is InChI=1S/C21H21N5O4/c1-13-18(20(30-26-13)14-6-3-2-4-7-14)25-21(28)23-16-9-5-8-15-19(16)24-17(22-15)12-29-11-10-27/h2-9,27H,10-12H2,1H3,(H,22,24)(H2,23,25,28). The number of nitrogens with zero attached hydrogens (tertiary/aromatic N) is 2. The van der Waals surface area contributed by atoms with Crippen LogP contribution >= 0.6 is 0 Å². The molecule has 2 aromatic carbocycles. The summed E-state index contributed by atoms with van der Waals surface area (Å²) in [6.45, 7) is 2.17. The van der Waals surface area contributed by atoms with Crippen LogP contribution in [0, 0.1) is 6.92 Å². The SMILES string of the molecule is Cc1noc(-c2ccccc2)c1NC(=O)Nc1cccc2[nH]c(COCCO)nc12. The first kappa shape index (κ1) is 19.6. The number of imidazole rings is 1. The molecule has 0 radical (unpaired) electrons. The van der Waals surface area contributed by atoms with Crippen LogP contribution in [0.2, 0.25) is 0 Å². The summed E-state index contributed by atoms with van der Waals surface area (Å²) in [6.07, 6.45) is 0. The van der Waals surface area contributed by atoms with Crippen LogP contribution in [0.1, 0.15) is 11.5 Å². The van der Waals surface area contributed by atoms with E-state index in [1.807, 2.05) is 42.5 Å². The maximum absolute atomic E-state index is 12.7. The van der Waals surface area contributed by atoms with Gasteiger partial charge in [0.25, 0.3) is 0 Å². The molecule has 0 fully saturated rings. The molecule has 0 saturated carbocycles. The topological polar surface area (TPSA) is 125 Å². The average molecular weight is 407 g/mol. The Hall–Kier alpha value is -3.69. The first-order valence-corrected chi connectivity index (χ1v) is 9.41. The number of amides is 2. The van der Waals surface area contributed by atoms with Gasteiger partial charge in [0.15, 0.2) is 5.76 Å². The third kappa shape index (κ3) is 4.17. The van der Waals surface area contributed by atoms with Crippen molar-refractivity contribution in [3.05, 3.63) is 60.0 Å². The highest BCUT2D eigenvalue weighted by Crippen LogP contribution is 2.31. The van der Waals surface area contributed by atoms with Crippen molar-refractivity contribution in [2.24, 2.45) is 0 Å². The van der Waals surface area contributed by atoms with Crippen LogP contribution in [0.25, 0.3) is 22.4 Å². The molecule has 0 aliphatic heterocycles. The summed E-state index contributed by atoms with van der Waals surface area (Å²) in [7, 11) is 0. The van der Waals surface area contributed by atoms with E-state index in [1.165, 1.54) is 0 Å². The minimum atomic E-state index is -0.438. The van der Waals surface area contributed by atoms with Gasteiger partial charge < -0.3 is 30.0 Å². The molecule has 9 nitrogen and oxygen atoms in total. The van der Waals surface area contributed by atoms with Crippen LogP contribution in [0.3, 0.4) is 0 Å². The number of ether oxygens (including phenoxy) is 1. The third-order valence-electron chi connectivity index (χ3n) is 4.42. The molecule has 0 aliphatic rings. The normalized spacial score (nSPS) is 11.0. The van der Waals surface area contributed by atoms with E-state index >= 15 is 0 Å². The number of H-pyrrole nitrogens is 1. The molecular formula is C21H21N5O4. The number of benzene rings is 2. The summed E-state index contributed by atoms with van der Waals surface area (Å²) < 4.78 is 10.7. The summed E-state index contributed by atoms with van der Waals surface area (Å²) in [5.74, 6) is 1.10. The van der Waals surface area contributed by atoms with Gasteiger partial charge in [0.05, 0.1) is 24.4 Å². The first-order chi connectivity index (χ1) is 14.7. The highest BCUT2D eigenvalue weighted by molar-refractivity contribution is 6.06. The van der Waals surface area contributed by atoms with E-state index in [9.17, 15) is 4.79 Å². The molecule has 154 valence electrons. The number of anilines is 2. The number of hydrogen-bond acceptors (Lipinski definition) is 6. The van der Waals surface area contributed by atoms with Crippen molar-refractivity contribution in [3.8, 4) is 11.3 Å². The van der Waals surface area contributed by atoms with Crippen molar-refractivity contribution < 1.29 is 19.2 Å². The molecule has 2 heterocycles. The number of hydrogen-bond donors (Lipinski definition) is 4. The lowest BCUT2D eigenvalue weighted by Crippen LogP contribution is -2.20. The molecule has 0 atom stereocenters. The zero-order chi connectivity index (χ0) is 20.9. The molecule has 4 N–H and O–H groups in total. The van der Waals surface area contributed by atoms with Gasteiger partial charge in [0, 0.05) is 5.56 Å². The van der Waals surface area contributed by atoms with Gasteiger partial charge in [0.1, 0.15) is 29.3 Å². The molecule has 0 bridgehead atoms. The molecule has 0 saturated heterocycles. The van der Waals surface area contributed by atoms with E-state index in [0.717, 1.165) is 11.1 Å². The lowest BCUT2D eigenvalue weighted by Gasteiger charge is -2.08. The fourth-order valence-electron chi connectivity index (χ4n) is 3.06. The number of fused-ring (bicyclic) bond motifs is 1. The number of carbonyl (C=O) groups excluding carboxylic acids is 1. The number of aromatic amines is 1. The van der Waals surface area contributed by atoms with Crippen LogP contribution in [0.4, 0.5) is 16.2 Å². The number of carbonyl (C=O) groups is 1. The Kier molecular flexibility index (Phi) is 5.73. The Balaban J connectivity index is 1.53. The van der Waals surface area contributed by atoms with Gasteiger partial charge >= 0.3 is 6.03 Å². The van der Waals surface area contributed by atoms with Crippen LogP contribution in [0.15, 0.2) is 53.1 Å². The Labute approximate surface area is 172 Å². The average Bonchev–Trinajstić information content (AvgIpc) is 3.33. The summed E-state index contributed by atoms with van der Waals surface area (Å²) in [5, 5.41) is 18.4. The van der Waals surface area contributed by atoms with Gasteiger partial charge in [-0.15, -0.1) is 0 Å². The number of aliphatic hydroxyl groups is 1. The third-order valence-corrected chi connectivity index (χ3v) is 4.42. The minimum Gasteiger partial charge on any atom is -0.394 e. The zero-order valence-electron chi connectivity index (χ0n) is 16.3. The van der Waals surface area contributed by atoms with Gasteiger partial charge in [-0.1, -0.05) is 41.6 Å². The molecular weight excluding hydrogens is 386 g/mol. The second-order valence-corrected chi connectivity index (χ2v) is 6.58. The van der Waals surface area contributed by atoms with E-state index in [0.29, 0.717) is 34.2 Å². The van der Waals surface area contributed by atoms with Crippen molar-refractivity contribution >= 4 is 28.4 Å². The largest absolute Gasteiger partial charge is 0.394 e. The van der Waals surface area contributed by atoms with Crippen molar-refractivity contribution in [2.45, 2.75) is 13.5 Å². The molecule has 9 heteroatoms. The second kappa shape index (κ2) is 8.76. The van der Waals surface area contributed by atoms with E-state index in [2.05, 4.69) is 25.8 Å². The number of rotatable bonds is 7. The molecule has 0 spiro atoms. The molecule has 0 unspecified atom stereocenters. The smallest absolute Gasteiger partial charge is 0.323 e. The predicted octanol–water partition coefficient (Wildman–Crippen LogP) is 3.68. The highest BCUT2D eigenvalue weighted by Gasteiger charge is 2.18. The zero-order valence-corrected chi connectivity index (χ0v) is 16.3. The quantitative estimate of drug-likeness (QED) is 0.346. The van der Waals surface area contributed by atoms with Crippen LogP contribution in [-0.2, 0) is 11.3 Å². The van der Waals surface area contributed by atoms with E-state index in [-0.39, 0.29) is 19.8 Å². The van der Waals surface area contributed by atoms with Crippen molar-refractivity contribution in [1.82, 2.24) is 15.1 Å². The van der Waals surface area contributed by atoms with Gasteiger partial charge in [-0.05, 0) is 19.1 Å². The molecule has 0 aliphatic carbocycles. The fourth-order valence-corrected chi connectivity index (χ4v) is 3.06. The lowest BCUT2D eigenvalue weighted by atomic mass is 10.1. The predicted molar refractivity (Wildman–Crippen MR) is 112 cm³/mol. The molecule has 4 rings (SSSR count). The van der Waals surface area contributed by atoms with Gasteiger partial charge in [0.2, 0.25) is 0 Å². The molecule has 2 aromatic heterocycles. The maximum atomic E-state index is 12.7. The summed E-state index contributed by atoms with van der Waals surface area (Å²) in [5.41, 5.74) is 3.82. The highest BCUT2D eigenvalue weighted by atomic mass is 16.5. The molecule has 2 amide bonds. The molecule has 4 aromatic rings. The summed E-state index contributed by atoms with van der Waals surface area (Å²) in [4.78, 5) is 20.3. The maximum Gasteiger partial charge on any atom is 0.323 e. The van der Waals surface area contributed by atoms with Crippen molar-refractivity contribution in [1.29, 1.82) is 0 Å². The number of para-hydroxylation sites is 1. The number of aryl methyl sites for hydroxylation is 1. The van der Waals surface area contributed by atoms with Crippen LogP contribution in [-0.4, -0.2) is 39.5 Å². The van der Waals surface area contributed by atoms with Crippen molar-refractivity contribution in [3.63, 3.8) is 0 Å². The Morgan fingerprint density at radius 3 is 2.80 bits per heavy atom. The lowest BCUT2D eigenvalue weighted by molar-refractivity contribution is 0.0782.